The molecule has 2 aromatic rings. The first-order valence-electron chi connectivity index (χ1n) is 8.30. The first kappa shape index (κ1) is 19.2. The van der Waals surface area contributed by atoms with E-state index in [0.29, 0.717) is 11.7 Å². The van der Waals surface area contributed by atoms with Gasteiger partial charge in [-0.25, -0.2) is 0 Å². The van der Waals surface area contributed by atoms with Gasteiger partial charge in [0.05, 0.1) is 18.1 Å². The van der Waals surface area contributed by atoms with E-state index in [1.807, 2.05) is 24.3 Å². The highest BCUT2D eigenvalue weighted by molar-refractivity contribution is 5.92. The molecular weight excluding hydrogens is 336 g/mol. The van der Waals surface area contributed by atoms with Crippen molar-refractivity contribution in [2.75, 3.05) is 19.0 Å². The van der Waals surface area contributed by atoms with Crippen LogP contribution in [-0.4, -0.2) is 24.5 Å². The number of benzene rings is 2. The van der Waals surface area contributed by atoms with Crippen molar-refractivity contribution in [1.82, 2.24) is 0 Å². The second-order valence-corrected chi connectivity index (χ2v) is 5.82. The number of nitrogens with zero attached hydrogens (tertiary/aromatic N) is 1. The molecule has 0 saturated carbocycles. The summed E-state index contributed by atoms with van der Waals surface area (Å²) < 4.78 is 10.3. The van der Waals surface area contributed by atoms with Crippen LogP contribution in [0.3, 0.4) is 0 Å². The van der Waals surface area contributed by atoms with Crippen molar-refractivity contribution in [2.24, 2.45) is 0 Å². The zero-order valence-electron chi connectivity index (χ0n) is 15.0. The second-order valence-electron chi connectivity index (χ2n) is 5.82. The molecule has 0 spiro atoms. The van der Waals surface area contributed by atoms with Crippen LogP contribution in [-0.2, 0) is 4.79 Å². The van der Waals surface area contributed by atoms with Gasteiger partial charge in [-0.1, -0.05) is 32.0 Å². The molecule has 7 heteroatoms. The molecule has 0 fully saturated rings. The Kier molecular flexibility index (Phi) is 6.54. The fourth-order valence-corrected chi connectivity index (χ4v) is 2.48. The second kappa shape index (κ2) is 8.84. The Bertz CT molecular complexity index is 791. The lowest BCUT2D eigenvalue weighted by molar-refractivity contribution is -0.385. The fraction of sp³-hybridized carbons (Fsp3) is 0.316. The molecule has 2 aromatic carbocycles. The van der Waals surface area contributed by atoms with Gasteiger partial charge in [0.25, 0.3) is 5.91 Å². The maximum absolute atomic E-state index is 12.2. The molecule has 1 amide bonds. The minimum absolute atomic E-state index is 0.0150. The summed E-state index contributed by atoms with van der Waals surface area (Å²) in [4.78, 5) is 22.8. The molecule has 0 aliphatic heterocycles. The molecule has 7 nitrogen and oxygen atoms in total. The van der Waals surface area contributed by atoms with Crippen LogP contribution >= 0.6 is 0 Å². The van der Waals surface area contributed by atoms with Gasteiger partial charge in [-0.3, -0.25) is 14.9 Å². The van der Waals surface area contributed by atoms with Crippen molar-refractivity contribution in [3.05, 3.63) is 58.1 Å². The van der Waals surface area contributed by atoms with Crippen molar-refractivity contribution < 1.29 is 19.2 Å². The number of ether oxygens (including phenoxy) is 2. The lowest BCUT2D eigenvalue weighted by atomic mass is 9.97. The van der Waals surface area contributed by atoms with Gasteiger partial charge in [0.15, 0.2) is 12.4 Å². The number of rotatable bonds is 8. The van der Waals surface area contributed by atoms with Crippen LogP contribution in [0.15, 0.2) is 42.5 Å². The predicted molar refractivity (Wildman–Crippen MR) is 98.9 cm³/mol. The molecule has 0 unspecified atom stereocenters. The number of carbonyl (C=O) groups excluding carboxylic acids is 1. The third kappa shape index (κ3) is 4.72. The first-order valence-corrected chi connectivity index (χ1v) is 8.30. The maximum Gasteiger partial charge on any atom is 0.314 e. The van der Waals surface area contributed by atoms with Gasteiger partial charge >= 0.3 is 5.69 Å². The number of hydrogen-bond donors (Lipinski definition) is 1. The summed E-state index contributed by atoms with van der Waals surface area (Å²) in [6.45, 7) is 3.83. The van der Waals surface area contributed by atoms with Crippen molar-refractivity contribution in [2.45, 2.75) is 26.2 Å². The summed E-state index contributed by atoms with van der Waals surface area (Å²) in [5.41, 5.74) is 1.51. The molecule has 0 saturated heterocycles. The van der Waals surface area contributed by atoms with E-state index >= 15 is 0 Å². The summed E-state index contributed by atoms with van der Waals surface area (Å²) in [5.74, 6) is 0.276. The van der Waals surface area contributed by atoms with Crippen molar-refractivity contribution in [3.8, 4) is 11.5 Å². The topological polar surface area (TPSA) is 90.7 Å². The lowest BCUT2D eigenvalue weighted by Crippen LogP contribution is -2.21. The number of amides is 1. The zero-order chi connectivity index (χ0) is 19.1. The number of nitro groups is 1. The van der Waals surface area contributed by atoms with E-state index < -0.39 is 4.92 Å². The maximum atomic E-state index is 12.2. The molecular formula is C19H22N2O5. The van der Waals surface area contributed by atoms with Gasteiger partial charge in [0, 0.05) is 5.69 Å². The Morgan fingerprint density at radius 3 is 2.65 bits per heavy atom. The summed E-state index contributed by atoms with van der Waals surface area (Å²) >= 11 is 0. The van der Waals surface area contributed by atoms with Crippen molar-refractivity contribution in [1.29, 1.82) is 0 Å². The number of hydrogen-bond acceptors (Lipinski definition) is 5. The highest BCUT2D eigenvalue weighted by Gasteiger charge is 2.18. The van der Waals surface area contributed by atoms with Gasteiger partial charge in [-0.05, 0) is 36.1 Å². The average molecular weight is 358 g/mol. The zero-order valence-corrected chi connectivity index (χ0v) is 15.0. The van der Waals surface area contributed by atoms with E-state index in [2.05, 4.69) is 19.2 Å². The highest BCUT2D eigenvalue weighted by Crippen LogP contribution is 2.31. The van der Waals surface area contributed by atoms with Gasteiger partial charge in [0.1, 0.15) is 5.75 Å². The van der Waals surface area contributed by atoms with Crippen LogP contribution < -0.4 is 14.8 Å². The van der Waals surface area contributed by atoms with Crippen LogP contribution in [0.4, 0.5) is 11.4 Å². The lowest BCUT2D eigenvalue weighted by Gasteiger charge is -2.15. The third-order valence-corrected chi connectivity index (χ3v) is 4.10. The first-order chi connectivity index (χ1) is 12.5. The van der Waals surface area contributed by atoms with E-state index in [9.17, 15) is 14.9 Å². The Hall–Kier alpha value is -3.09. The van der Waals surface area contributed by atoms with Gasteiger partial charge in [-0.2, -0.15) is 0 Å². The van der Waals surface area contributed by atoms with E-state index in [-0.39, 0.29) is 24.0 Å². The number of para-hydroxylation sites is 1. The molecule has 0 bridgehead atoms. The van der Waals surface area contributed by atoms with Gasteiger partial charge in [0.2, 0.25) is 0 Å². The monoisotopic (exact) mass is 358 g/mol. The van der Waals surface area contributed by atoms with E-state index in [1.54, 1.807) is 6.07 Å². The van der Waals surface area contributed by atoms with E-state index in [4.69, 9.17) is 9.47 Å². The summed E-state index contributed by atoms with van der Waals surface area (Å²) in [7, 11) is 1.42. The van der Waals surface area contributed by atoms with Crippen LogP contribution in [0.25, 0.3) is 0 Å². The summed E-state index contributed by atoms with van der Waals surface area (Å²) in [6, 6.07) is 11.8. The molecule has 2 rings (SSSR count). The summed E-state index contributed by atoms with van der Waals surface area (Å²) in [5, 5.41) is 14.0. The molecule has 0 heterocycles. The Labute approximate surface area is 152 Å². The minimum atomic E-state index is -0.575. The summed E-state index contributed by atoms with van der Waals surface area (Å²) in [6.07, 6.45) is 0.946. The number of carbonyl (C=O) groups is 1. The van der Waals surface area contributed by atoms with Gasteiger partial charge in [-0.15, -0.1) is 0 Å². The number of anilines is 1. The molecule has 138 valence electrons. The van der Waals surface area contributed by atoms with E-state index in [0.717, 1.165) is 17.7 Å². The van der Waals surface area contributed by atoms with Crippen LogP contribution in [0.5, 0.6) is 11.5 Å². The molecule has 1 atom stereocenters. The van der Waals surface area contributed by atoms with Crippen LogP contribution in [0, 0.1) is 10.1 Å². The molecule has 1 N–H and O–H groups in total. The Balaban J connectivity index is 2.07. The molecule has 0 aromatic heterocycles. The normalized spacial score (nSPS) is 11.5. The van der Waals surface area contributed by atoms with Crippen LogP contribution in [0.2, 0.25) is 0 Å². The predicted octanol–water partition coefficient (Wildman–Crippen LogP) is 4.13. The molecule has 26 heavy (non-hydrogen) atoms. The SMILES string of the molecule is CC[C@H](C)c1ccccc1NC(=O)COc1ccc(OC)cc1[N+](=O)[O-]. The third-order valence-electron chi connectivity index (χ3n) is 4.10. The van der Waals surface area contributed by atoms with Crippen LogP contribution in [0.1, 0.15) is 31.7 Å². The standard InChI is InChI=1S/C19H22N2O5/c1-4-13(2)15-7-5-6-8-16(15)20-19(22)12-26-18-10-9-14(25-3)11-17(18)21(23)24/h5-11,13H,4,12H2,1-3H3,(H,20,22)/t13-/m0/s1. The van der Waals surface area contributed by atoms with Gasteiger partial charge < -0.3 is 14.8 Å². The molecule has 0 aliphatic rings. The molecule has 0 aliphatic carbocycles. The average Bonchev–Trinajstić information content (AvgIpc) is 2.65. The minimum Gasteiger partial charge on any atom is -0.496 e. The highest BCUT2D eigenvalue weighted by atomic mass is 16.6. The number of nitrogens with one attached hydrogen (secondary N) is 1. The largest absolute Gasteiger partial charge is 0.496 e. The Morgan fingerprint density at radius 2 is 2.00 bits per heavy atom. The quantitative estimate of drug-likeness (QED) is 0.566. The van der Waals surface area contributed by atoms with E-state index in [1.165, 1.54) is 19.2 Å². The molecule has 0 radical (unpaired) electrons. The number of methoxy groups -OCH3 is 1. The Morgan fingerprint density at radius 1 is 1.27 bits per heavy atom. The van der Waals surface area contributed by atoms with Crippen molar-refractivity contribution >= 4 is 17.3 Å². The van der Waals surface area contributed by atoms with Crippen molar-refractivity contribution in [3.63, 3.8) is 0 Å². The smallest absolute Gasteiger partial charge is 0.314 e. The fourth-order valence-electron chi connectivity index (χ4n) is 2.48. The number of nitro benzene ring substituents is 1.